The van der Waals surface area contributed by atoms with Crippen molar-refractivity contribution >= 4 is 35.0 Å². The maximum atomic E-state index is 13.2. The van der Waals surface area contributed by atoms with Crippen LogP contribution in [-0.2, 0) is 24.1 Å². The van der Waals surface area contributed by atoms with Gasteiger partial charge in [0.15, 0.2) is 11.0 Å². The van der Waals surface area contributed by atoms with Crippen molar-refractivity contribution in [2.75, 3.05) is 11.1 Å². The molecule has 3 aromatic rings. The molecule has 0 bridgehead atoms. The van der Waals surface area contributed by atoms with Crippen molar-refractivity contribution in [1.82, 2.24) is 14.8 Å². The molecular weight excluding hydrogens is 477 g/mol. The molecule has 1 heterocycles. The molecule has 3 rings (SSSR count). The van der Waals surface area contributed by atoms with Crippen molar-refractivity contribution in [2.24, 2.45) is 0 Å². The Bertz CT molecular complexity index is 1130. The third-order valence-electron chi connectivity index (χ3n) is 4.39. The molecular formula is C22H20ClF3N4O2S. The number of carbonyl (C=O) groups is 1. The number of nitrogens with one attached hydrogen (secondary N) is 1. The number of aryl methyl sites for hydroxylation is 1. The molecule has 1 N–H and O–H groups in total. The summed E-state index contributed by atoms with van der Waals surface area (Å²) in [5.41, 5.74) is -0.272. The van der Waals surface area contributed by atoms with Crippen molar-refractivity contribution < 1.29 is 22.7 Å². The molecule has 174 valence electrons. The van der Waals surface area contributed by atoms with Gasteiger partial charge in [-0.2, -0.15) is 13.2 Å². The van der Waals surface area contributed by atoms with E-state index in [1.165, 1.54) is 6.07 Å². The normalized spacial score (nSPS) is 11.3. The Morgan fingerprint density at radius 3 is 2.64 bits per heavy atom. The standard InChI is InChI=1S/C22H20ClF3N4O2S/c1-3-10-30-19(12-32-16-7-4-14(2)5-8-16)28-29-21(30)33-13-20(31)27-18-9-6-15(23)11-17(18)22(24,25)26/h3-9,11H,1,10,12-13H2,2H3,(H,27,31). The van der Waals surface area contributed by atoms with E-state index in [0.29, 0.717) is 23.3 Å². The summed E-state index contributed by atoms with van der Waals surface area (Å²) < 4.78 is 47.1. The van der Waals surface area contributed by atoms with E-state index >= 15 is 0 Å². The quantitative estimate of drug-likeness (QED) is 0.301. The minimum atomic E-state index is -4.66. The zero-order valence-electron chi connectivity index (χ0n) is 17.5. The van der Waals surface area contributed by atoms with E-state index < -0.39 is 17.6 Å². The van der Waals surface area contributed by atoms with E-state index in [9.17, 15) is 18.0 Å². The van der Waals surface area contributed by atoms with Gasteiger partial charge in [-0.15, -0.1) is 16.8 Å². The number of hydrogen-bond donors (Lipinski definition) is 1. The smallest absolute Gasteiger partial charge is 0.418 e. The third-order valence-corrected chi connectivity index (χ3v) is 5.59. The zero-order chi connectivity index (χ0) is 24.0. The van der Waals surface area contributed by atoms with E-state index in [4.69, 9.17) is 16.3 Å². The third kappa shape index (κ3) is 6.75. The molecule has 0 saturated carbocycles. The van der Waals surface area contributed by atoms with Gasteiger partial charge in [-0.05, 0) is 37.3 Å². The first-order valence-electron chi connectivity index (χ1n) is 9.69. The van der Waals surface area contributed by atoms with Crippen molar-refractivity contribution in [2.45, 2.75) is 31.4 Å². The molecule has 33 heavy (non-hydrogen) atoms. The highest BCUT2D eigenvalue weighted by molar-refractivity contribution is 7.99. The van der Waals surface area contributed by atoms with Gasteiger partial charge in [0.1, 0.15) is 12.4 Å². The topological polar surface area (TPSA) is 69.0 Å². The lowest BCUT2D eigenvalue weighted by Crippen LogP contribution is -2.18. The van der Waals surface area contributed by atoms with Crippen molar-refractivity contribution in [3.8, 4) is 5.75 Å². The van der Waals surface area contributed by atoms with Crippen LogP contribution in [-0.4, -0.2) is 26.4 Å². The fraction of sp³-hybridized carbons (Fsp3) is 0.227. The van der Waals surface area contributed by atoms with E-state index in [2.05, 4.69) is 22.1 Å². The Morgan fingerprint density at radius 1 is 1.24 bits per heavy atom. The molecule has 11 heteroatoms. The Kier molecular flexibility index (Phi) is 8.04. The first-order chi connectivity index (χ1) is 15.7. The molecule has 6 nitrogen and oxygen atoms in total. The molecule has 0 aliphatic carbocycles. The number of nitrogens with zero attached hydrogens (tertiary/aromatic N) is 3. The van der Waals surface area contributed by atoms with Crippen LogP contribution in [0.1, 0.15) is 17.0 Å². The van der Waals surface area contributed by atoms with Gasteiger partial charge >= 0.3 is 6.18 Å². The lowest BCUT2D eigenvalue weighted by Gasteiger charge is -2.14. The summed E-state index contributed by atoms with van der Waals surface area (Å²) in [5.74, 6) is 0.397. The Hall–Kier alpha value is -2.98. The fourth-order valence-corrected chi connectivity index (χ4v) is 3.74. The van der Waals surface area contributed by atoms with Gasteiger partial charge in [-0.25, -0.2) is 0 Å². The zero-order valence-corrected chi connectivity index (χ0v) is 19.1. The summed E-state index contributed by atoms with van der Waals surface area (Å²) in [6, 6.07) is 10.7. The molecule has 2 aromatic carbocycles. The molecule has 0 radical (unpaired) electrons. The fourth-order valence-electron chi connectivity index (χ4n) is 2.80. The Labute approximate surface area is 197 Å². The highest BCUT2D eigenvalue weighted by Crippen LogP contribution is 2.36. The number of thioether (sulfide) groups is 1. The lowest BCUT2D eigenvalue weighted by atomic mass is 10.1. The number of carbonyl (C=O) groups excluding carboxylic acids is 1. The van der Waals surface area contributed by atoms with Crippen LogP contribution in [0, 0.1) is 6.92 Å². The average molecular weight is 497 g/mol. The second kappa shape index (κ2) is 10.8. The van der Waals surface area contributed by atoms with Gasteiger partial charge in [0.25, 0.3) is 0 Å². The predicted octanol–water partition coefficient (Wildman–Crippen LogP) is 5.75. The highest BCUT2D eigenvalue weighted by atomic mass is 35.5. The minimum absolute atomic E-state index is 0.0763. The lowest BCUT2D eigenvalue weighted by molar-refractivity contribution is -0.137. The van der Waals surface area contributed by atoms with Crippen LogP contribution in [0.4, 0.5) is 18.9 Å². The second-order valence-electron chi connectivity index (χ2n) is 6.92. The Morgan fingerprint density at radius 2 is 1.97 bits per heavy atom. The van der Waals surface area contributed by atoms with Gasteiger partial charge < -0.3 is 10.1 Å². The summed E-state index contributed by atoms with van der Waals surface area (Å²) >= 11 is 6.71. The van der Waals surface area contributed by atoms with Crippen molar-refractivity contribution in [3.63, 3.8) is 0 Å². The summed E-state index contributed by atoms with van der Waals surface area (Å²) in [4.78, 5) is 12.3. The number of allylic oxidation sites excluding steroid dienone is 1. The minimum Gasteiger partial charge on any atom is -0.486 e. The monoisotopic (exact) mass is 496 g/mol. The number of rotatable bonds is 9. The molecule has 0 fully saturated rings. The number of halogens is 4. The van der Waals surface area contributed by atoms with Crippen LogP contribution in [0.2, 0.25) is 5.02 Å². The van der Waals surface area contributed by atoms with Crippen LogP contribution < -0.4 is 10.1 Å². The number of benzene rings is 2. The van der Waals surface area contributed by atoms with E-state index in [1.54, 1.807) is 10.6 Å². The van der Waals surface area contributed by atoms with Crippen LogP contribution in [0.3, 0.4) is 0 Å². The van der Waals surface area contributed by atoms with Gasteiger partial charge in [0.05, 0.1) is 17.0 Å². The molecule has 0 unspecified atom stereocenters. The molecule has 0 aliphatic rings. The predicted molar refractivity (Wildman–Crippen MR) is 122 cm³/mol. The number of ether oxygens (including phenoxy) is 1. The first kappa shape index (κ1) is 24.7. The summed E-state index contributed by atoms with van der Waals surface area (Å²) in [6.07, 6.45) is -3.01. The number of amides is 1. The van der Waals surface area contributed by atoms with Gasteiger partial charge in [-0.1, -0.05) is 47.1 Å². The number of hydrogen-bond acceptors (Lipinski definition) is 5. The maximum Gasteiger partial charge on any atom is 0.418 e. The number of alkyl halides is 3. The molecule has 0 atom stereocenters. The van der Waals surface area contributed by atoms with Gasteiger partial charge in [0.2, 0.25) is 5.91 Å². The summed E-state index contributed by atoms with van der Waals surface area (Å²) in [5, 5.41) is 10.8. The van der Waals surface area contributed by atoms with Crippen LogP contribution >= 0.6 is 23.4 Å². The number of aromatic nitrogens is 3. The van der Waals surface area contributed by atoms with Crippen LogP contribution in [0.25, 0.3) is 0 Å². The SMILES string of the molecule is C=CCn1c(COc2ccc(C)cc2)nnc1SCC(=O)Nc1ccc(Cl)cc1C(F)(F)F. The number of anilines is 1. The molecule has 0 saturated heterocycles. The van der Waals surface area contributed by atoms with Crippen LogP contribution in [0.5, 0.6) is 5.75 Å². The summed E-state index contributed by atoms with van der Waals surface area (Å²) in [6.45, 7) is 6.21. The van der Waals surface area contributed by atoms with E-state index in [1.807, 2.05) is 31.2 Å². The van der Waals surface area contributed by atoms with Crippen LogP contribution in [0.15, 0.2) is 60.3 Å². The molecule has 0 aliphatic heterocycles. The van der Waals surface area contributed by atoms with Gasteiger partial charge in [0, 0.05) is 11.6 Å². The van der Waals surface area contributed by atoms with E-state index in [0.717, 1.165) is 29.5 Å². The Balaban J connectivity index is 1.66. The maximum absolute atomic E-state index is 13.2. The highest BCUT2D eigenvalue weighted by Gasteiger charge is 2.34. The van der Waals surface area contributed by atoms with E-state index in [-0.39, 0.29) is 23.1 Å². The second-order valence-corrected chi connectivity index (χ2v) is 8.30. The summed E-state index contributed by atoms with van der Waals surface area (Å²) in [7, 11) is 0. The largest absolute Gasteiger partial charge is 0.486 e. The molecule has 0 spiro atoms. The average Bonchev–Trinajstić information content (AvgIpc) is 3.14. The van der Waals surface area contributed by atoms with Crippen molar-refractivity contribution in [1.29, 1.82) is 0 Å². The first-order valence-corrected chi connectivity index (χ1v) is 11.1. The van der Waals surface area contributed by atoms with Crippen molar-refractivity contribution in [3.05, 3.63) is 77.1 Å². The van der Waals surface area contributed by atoms with Gasteiger partial charge in [-0.3, -0.25) is 9.36 Å². The molecule has 1 amide bonds. The molecule has 1 aromatic heterocycles.